The molecule has 0 aliphatic carbocycles. The molecule has 2 aromatic rings. The highest BCUT2D eigenvalue weighted by Crippen LogP contribution is 2.25. The maximum Gasteiger partial charge on any atom is 0.242 e. The van der Waals surface area contributed by atoms with Gasteiger partial charge in [0.15, 0.2) is 0 Å². The standard InChI is InChI=1S/C17H18Cl2N2O3S/c1-10-4-6-14(8-11(10)2)20-17(22)12(3)21-25(23,24)16-9-13(18)5-7-15(16)19/h4-9,12,21H,1-3H3,(H,20,22)/t12-/m0/s1. The average molecular weight is 401 g/mol. The Bertz CT molecular complexity index is 914. The fourth-order valence-electron chi connectivity index (χ4n) is 2.10. The van der Waals surface area contributed by atoms with Gasteiger partial charge >= 0.3 is 0 Å². The molecular weight excluding hydrogens is 383 g/mol. The summed E-state index contributed by atoms with van der Waals surface area (Å²) in [7, 11) is -3.99. The van der Waals surface area contributed by atoms with Crippen LogP contribution < -0.4 is 10.0 Å². The third-order valence-electron chi connectivity index (χ3n) is 3.68. The molecule has 2 rings (SSSR count). The number of anilines is 1. The van der Waals surface area contributed by atoms with Crippen LogP contribution in [0, 0.1) is 13.8 Å². The van der Waals surface area contributed by atoms with Crippen molar-refractivity contribution in [3.8, 4) is 0 Å². The topological polar surface area (TPSA) is 75.3 Å². The molecule has 1 amide bonds. The molecule has 25 heavy (non-hydrogen) atoms. The minimum atomic E-state index is -3.99. The predicted octanol–water partition coefficient (Wildman–Crippen LogP) is 3.92. The van der Waals surface area contributed by atoms with Crippen LogP contribution in [-0.4, -0.2) is 20.4 Å². The number of rotatable bonds is 5. The zero-order chi connectivity index (χ0) is 18.8. The molecular formula is C17H18Cl2N2O3S. The lowest BCUT2D eigenvalue weighted by molar-refractivity contribution is -0.117. The van der Waals surface area contributed by atoms with Crippen LogP contribution in [0.4, 0.5) is 5.69 Å². The Kier molecular flexibility index (Phi) is 6.11. The maximum absolute atomic E-state index is 12.4. The molecule has 0 spiro atoms. The first-order valence-corrected chi connectivity index (χ1v) is 9.69. The van der Waals surface area contributed by atoms with Crippen LogP contribution in [0.25, 0.3) is 0 Å². The average Bonchev–Trinajstić information content (AvgIpc) is 2.52. The molecule has 0 heterocycles. The van der Waals surface area contributed by atoms with Gasteiger partial charge < -0.3 is 5.32 Å². The summed E-state index contributed by atoms with van der Waals surface area (Å²) in [6.45, 7) is 5.34. The number of carbonyl (C=O) groups excluding carboxylic acids is 1. The van der Waals surface area contributed by atoms with Gasteiger partial charge in [-0.1, -0.05) is 29.3 Å². The van der Waals surface area contributed by atoms with Gasteiger partial charge in [0.05, 0.1) is 11.1 Å². The van der Waals surface area contributed by atoms with Gasteiger partial charge in [0.1, 0.15) is 4.90 Å². The van der Waals surface area contributed by atoms with Crippen LogP contribution in [0.15, 0.2) is 41.3 Å². The number of hydrogen-bond acceptors (Lipinski definition) is 3. The van der Waals surface area contributed by atoms with Crippen molar-refractivity contribution in [2.75, 3.05) is 5.32 Å². The van der Waals surface area contributed by atoms with Crippen LogP contribution in [0.2, 0.25) is 10.0 Å². The number of hydrogen-bond donors (Lipinski definition) is 2. The Morgan fingerprint density at radius 2 is 1.72 bits per heavy atom. The molecule has 134 valence electrons. The fourth-order valence-corrected chi connectivity index (χ4v) is 4.07. The first-order chi connectivity index (χ1) is 11.6. The summed E-state index contributed by atoms with van der Waals surface area (Å²) in [5.74, 6) is -0.482. The molecule has 0 fully saturated rings. The minimum Gasteiger partial charge on any atom is -0.325 e. The van der Waals surface area contributed by atoms with Crippen molar-refractivity contribution in [1.82, 2.24) is 4.72 Å². The SMILES string of the molecule is Cc1ccc(NC(=O)[C@H](C)NS(=O)(=O)c2cc(Cl)ccc2Cl)cc1C. The highest BCUT2D eigenvalue weighted by Gasteiger charge is 2.24. The second-order valence-corrected chi connectivity index (χ2v) is 8.23. The van der Waals surface area contributed by atoms with Gasteiger partial charge in [-0.05, 0) is 62.2 Å². The lowest BCUT2D eigenvalue weighted by Crippen LogP contribution is -2.41. The molecule has 0 radical (unpaired) electrons. The number of benzene rings is 2. The van der Waals surface area contributed by atoms with E-state index in [0.29, 0.717) is 5.69 Å². The molecule has 0 aliphatic rings. The predicted molar refractivity (Wildman–Crippen MR) is 101 cm³/mol. The van der Waals surface area contributed by atoms with E-state index >= 15 is 0 Å². The largest absolute Gasteiger partial charge is 0.325 e. The molecule has 2 aromatic carbocycles. The summed E-state index contributed by atoms with van der Waals surface area (Å²) in [4.78, 5) is 12.1. The van der Waals surface area contributed by atoms with E-state index in [-0.39, 0.29) is 14.9 Å². The van der Waals surface area contributed by atoms with Crippen molar-refractivity contribution < 1.29 is 13.2 Å². The van der Waals surface area contributed by atoms with E-state index in [9.17, 15) is 13.2 Å². The van der Waals surface area contributed by atoms with Crippen LogP contribution in [0.3, 0.4) is 0 Å². The summed E-state index contributed by atoms with van der Waals surface area (Å²) in [6, 6.07) is 8.57. The van der Waals surface area contributed by atoms with E-state index in [4.69, 9.17) is 23.2 Å². The molecule has 0 aliphatic heterocycles. The van der Waals surface area contributed by atoms with Gasteiger partial charge in [-0.2, -0.15) is 4.72 Å². The lowest BCUT2D eigenvalue weighted by Gasteiger charge is -2.16. The molecule has 0 saturated heterocycles. The van der Waals surface area contributed by atoms with Crippen molar-refractivity contribution in [2.45, 2.75) is 31.7 Å². The quantitative estimate of drug-likeness (QED) is 0.798. The molecule has 0 saturated carbocycles. The lowest BCUT2D eigenvalue weighted by atomic mass is 10.1. The van der Waals surface area contributed by atoms with Gasteiger partial charge in [0, 0.05) is 10.7 Å². The number of halogens is 2. The van der Waals surface area contributed by atoms with E-state index < -0.39 is 22.0 Å². The first-order valence-electron chi connectivity index (χ1n) is 7.45. The summed E-state index contributed by atoms with van der Waals surface area (Å²) >= 11 is 11.8. The number of carbonyl (C=O) groups is 1. The van der Waals surface area contributed by atoms with Crippen LogP contribution in [0.5, 0.6) is 0 Å². The Morgan fingerprint density at radius 1 is 1.04 bits per heavy atom. The Balaban J connectivity index is 2.14. The second kappa shape index (κ2) is 7.74. The van der Waals surface area contributed by atoms with Gasteiger partial charge in [-0.3, -0.25) is 4.79 Å². The Hall–Kier alpha value is -1.60. The normalized spacial score (nSPS) is 12.7. The minimum absolute atomic E-state index is 0.0265. The monoisotopic (exact) mass is 400 g/mol. The molecule has 5 nitrogen and oxygen atoms in total. The molecule has 8 heteroatoms. The molecule has 2 N–H and O–H groups in total. The zero-order valence-electron chi connectivity index (χ0n) is 13.9. The number of amides is 1. The van der Waals surface area contributed by atoms with Crippen LogP contribution >= 0.6 is 23.2 Å². The van der Waals surface area contributed by atoms with Crippen molar-refractivity contribution in [3.63, 3.8) is 0 Å². The number of nitrogens with one attached hydrogen (secondary N) is 2. The van der Waals surface area contributed by atoms with Crippen LogP contribution in [-0.2, 0) is 14.8 Å². The van der Waals surface area contributed by atoms with Crippen molar-refractivity contribution in [2.24, 2.45) is 0 Å². The van der Waals surface area contributed by atoms with Gasteiger partial charge in [0.25, 0.3) is 0 Å². The smallest absolute Gasteiger partial charge is 0.242 e. The van der Waals surface area contributed by atoms with Crippen molar-refractivity contribution in [1.29, 1.82) is 0 Å². The molecule has 0 aromatic heterocycles. The Morgan fingerprint density at radius 3 is 2.36 bits per heavy atom. The van der Waals surface area contributed by atoms with E-state index in [1.807, 2.05) is 26.0 Å². The van der Waals surface area contributed by atoms with Crippen LogP contribution in [0.1, 0.15) is 18.1 Å². The number of aryl methyl sites for hydroxylation is 2. The summed E-state index contributed by atoms with van der Waals surface area (Å²) in [6.07, 6.45) is 0. The first kappa shape index (κ1) is 19.7. The van der Waals surface area contributed by atoms with Crippen molar-refractivity contribution >= 4 is 44.8 Å². The van der Waals surface area contributed by atoms with Crippen molar-refractivity contribution in [3.05, 3.63) is 57.6 Å². The zero-order valence-corrected chi connectivity index (χ0v) is 16.3. The van der Waals surface area contributed by atoms with E-state index in [0.717, 1.165) is 11.1 Å². The summed E-state index contributed by atoms with van der Waals surface area (Å²) < 4.78 is 27.2. The molecule has 0 bridgehead atoms. The Labute approximate surface area is 157 Å². The molecule has 1 atom stereocenters. The summed E-state index contributed by atoms with van der Waals surface area (Å²) in [5, 5.41) is 2.94. The van der Waals surface area contributed by atoms with Gasteiger partial charge in [0.2, 0.25) is 15.9 Å². The molecule has 0 unspecified atom stereocenters. The highest BCUT2D eigenvalue weighted by molar-refractivity contribution is 7.89. The van der Waals surface area contributed by atoms with Gasteiger partial charge in [-0.25, -0.2) is 8.42 Å². The fraction of sp³-hybridized carbons (Fsp3) is 0.235. The number of sulfonamides is 1. The summed E-state index contributed by atoms with van der Waals surface area (Å²) in [5.41, 5.74) is 2.72. The van der Waals surface area contributed by atoms with E-state index in [1.54, 1.807) is 6.07 Å². The maximum atomic E-state index is 12.4. The van der Waals surface area contributed by atoms with E-state index in [2.05, 4.69) is 10.0 Å². The van der Waals surface area contributed by atoms with Gasteiger partial charge in [-0.15, -0.1) is 0 Å². The highest BCUT2D eigenvalue weighted by atomic mass is 35.5. The second-order valence-electron chi connectivity index (χ2n) is 5.71. The third-order valence-corrected chi connectivity index (χ3v) is 5.94. The third kappa shape index (κ3) is 4.95. The van der Waals surface area contributed by atoms with E-state index in [1.165, 1.54) is 25.1 Å².